The molecule has 30 heavy (non-hydrogen) atoms. The number of fused-ring (bicyclic) bond motifs is 4. The number of halogens is 1. The lowest BCUT2D eigenvalue weighted by Gasteiger charge is -2.41. The molecule has 0 unspecified atom stereocenters. The van der Waals surface area contributed by atoms with Crippen LogP contribution >= 0.6 is 0 Å². The molecule has 1 atom stereocenters. The molecule has 3 aromatic rings. The van der Waals surface area contributed by atoms with Crippen LogP contribution in [0, 0.1) is 12.7 Å². The molecule has 6 nitrogen and oxygen atoms in total. The van der Waals surface area contributed by atoms with Gasteiger partial charge in [-0.25, -0.2) is 14.3 Å². The molecule has 150 valence electrons. The average Bonchev–Trinajstić information content (AvgIpc) is 3.02. The van der Waals surface area contributed by atoms with Crippen LogP contribution in [0.1, 0.15) is 43.7 Å². The van der Waals surface area contributed by atoms with Crippen molar-refractivity contribution in [2.24, 2.45) is 0 Å². The summed E-state index contributed by atoms with van der Waals surface area (Å²) in [6.45, 7) is 2.04. The van der Waals surface area contributed by atoms with Crippen molar-refractivity contribution in [3.63, 3.8) is 0 Å². The van der Waals surface area contributed by atoms with Crippen molar-refractivity contribution in [3.05, 3.63) is 88.4 Å². The van der Waals surface area contributed by atoms with E-state index in [1.807, 2.05) is 24.0 Å². The molecule has 0 saturated carbocycles. The molecule has 2 aliphatic heterocycles. The van der Waals surface area contributed by atoms with E-state index in [4.69, 9.17) is 4.74 Å². The van der Waals surface area contributed by atoms with Gasteiger partial charge in [-0.2, -0.15) is 0 Å². The number of aryl methyl sites for hydroxylation is 1. The Morgan fingerprint density at radius 3 is 2.50 bits per heavy atom. The van der Waals surface area contributed by atoms with Gasteiger partial charge in [-0.05, 0) is 48.9 Å². The van der Waals surface area contributed by atoms with Crippen LogP contribution in [-0.2, 0) is 11.3 Å². The molecule has 2 aromatic carbocycles. The van der Waals surface area contributed by atoms with E-state index in [-0.39, 0.29) is 18.3 Å². The van der Waals surface area contributed by atoms with E-state index in [1.165, 1.54) is 17.0 Å². The molecule has 0 fully saturated rings. The van der Waals surface area contributed by atoms with E-state index in [2.05, 4.69) is 4.98 Å². The van der Waals surface area contributed by atoms with E-state index in [0.717, 1.165) is 0 Å². The number of imide groups is 1. The van der Waals surface area contributed by atoms with Crippen LogP contribution in [0.3, 0.4) is 0 Å². The lowest BCUT2D eigenvalue weighted by molar-refractivity contribution is 0.0564. The van der Waals surface area contributed by atoms with Crippen LogP contribution in [0.25, 0.3) is 0 Å². The number of carbonyl (C=O) groups is 2. The van der Waals surface area contributed by atoms with Gasteiger partial charge in [-0.3, -0.25) is 14.5 Å². The number of benzene rings is 2. The van der Waals surface area contributed by atoms with Gasteiger partial charge in [-0.15, -0.1) is 0 Å². The van der Waals surface area contributed by atoms with E-state index < -0.39 is 12.1 Å². The first-order valence-corrected chi connectivity index (χ1v) is 9.52. The molecule has 0 aliphatic carbocycles. The molecule has 1 aromatic heterocycles. The molecule has 3 heterocycles. The highest BCUT2D eigenvalue weighted by Gasteiger charge is 2.50. The molecular formula is C23H18FN3O3. The molecule has 7 heteroatoms. The largest absolute Gasteiger partial charge is 0.380 e. The number of hydrogen-bond acceptors (Lipinski definition) is 5. The zero-order valence-corrected chi connectivity index (χ0v) is 16.4. The number of amides is 2. The molecule has 2 aliphatic rings. The van der Waals surface area contributed by atoms with Gasteiger partial charge in [-0.1, -0.05) is 18.2 Å². The second-order valence-electron chi connectivity index (χ2n) is 7.34. The zero-order valence-electron chi connectivity index (χ0n) is 16.4. The Morgan fingerprint density at radius 2 is 1.77 bits per heavy atom. The van der Waals surface area contributed by atoms with E-state index >= 15 is 0 Å². The maximum Gasteiger partial charge on any atom is 0.266 e. The van der Waals surface area contributed by atoms with Gasteiger partial charge < -0.3 is 4.74 Å². The lowest BCUT2D eigenvalue weighted by Crippen LogP contribution is -2.47. The average molecular weight is 403 g/mol. The third-order valence-electron chi connectivity index (χ3n) is 5.45. The van der Waals surface area contributed by atoms with Gasteiger partial charge in [0, 0.05) is 29.6 Å². The number of methoxy groups -OCH3 is 1. The van der Waals surface area contributed by atoms with Crippen LogP contribution in [0.15, 0.2) is 54.6 Å². The highest BCUT2D eigenvalue weighted by atomic mass is 19.1. The zero-order chi connectivity index (χ0) is 21.0. The summed E-state index contributed by atoms with van der Waals surface area (Å²) in [7, 11) is 1.55. The Hall–Kier alpha value is -3.58. The Balaban J connectivity index is 1.82. The van der Waals surface area contributed by atoms with E-state index in [0.29, 0.717) is 39.5 Å². The fraction of sp³-hybridized carbons (Fsp3) is 0.174. The minimum atomic E-state index is -0.691. The van der Waals surface area contributed by atoms with Crippen molar-refractivity contribution in [1.82, 2.24) is 9.88 Å². The SMILES string of the molecule is COCc1cc(C)nc2c1C(=O)N1C(=O)c3ccccc3[C@H]1N2c1ccc(F)cc1. The highest BCUT2D eigenvalue weighted by Crippen LogP contribution is 2.48. The summed E-state index contributed by atoms with van der Waals surface area (Å²) in [5, 5.41) is 0. The summed E-state index contributed by atoms with van der Waals surface area (Å²) in [4.78, 5) is 34.5. The molecule has 0 radical (unpaired) electrons. The third kappa shape index (κ3) is 2.55. The second-order valence-corrected chi connectivity index (χ2v) is 7.34. The molecule has 5 rings (SSSR count). The van der Waals surface area contributed by atoms with E-state index in [9.17, 15) is 14.0 Å². The van der Waals surface area contributed by atoms with Crippen LogP contribution in [-0.4, -0.2) is 28.8 Å². The van der Waals surface area contributed by atoms with E-state index in [1.54, 1.807) is 37.4 Å². The van der Waals surface area contributed by atoms with Gasteiger partial charge in [0.2, 0.25) is 0 Å². The third-order valence-corrected chi connectivity index (χ3v) is 5.45. The predicted molar refractivity (Wildman–Crippen MR) is 108 cm³/mol. The molecule has 2 amide bonds. The Labute approximate surface area is 172 Å². The van der Waals surface area contributed by atoms with Crippen molar-refractivity contribution < 1.29 is 18.7 Å². The lowest BCUT2D eigenvalue weighted by atomic mass is 10.0. The van der Waals surface area contributed by atoms with Crippen molar-refractivity contribution in [2.45, 2.75) is 19.7 Å². The summed E-state index contributed by atoms with van der Waals surface area (Å²) in [6, 6.07) is 14.9. The molecular weight excluding hydrogens is 385 g/mol. The number of rotatable bonds is 3. The van der Waals surface area contributed by atoms with Crippen molar-refractivity contribution in [3.8, 4) is 0 Å². The quantitative estimate of drug-likeness (QED) is 0.616. The number of anilines is 2. The first-order chi connectivity index (χ1) is 14.5. The Bertz CT molecular complexity index is 1190. The molecule has 0 bridgehead atoms. The maximum absolute atomic E-state index is 13.6. The molecule has 0 saturated heterocycles. The summed E-state index contributed by atoms with van der Waals surface area (Å²) in [5.41, 5.74) is 3.50. The number of aromatic nitrogens is 1. The van der Waals surface area contributed by atoms with Gasteiger partial charge in [0.15, 0.2) is 0 Å². The standard InChI is InChI=1S/C23H18FN3O3/c1-13-11-14(12-30-2)19-20(25-13)26(16-9-7-15(24)8-10-16)21-17-5-3-4-6-18(17)22(28)27(21)23(19)29/h3-11,21H,12H2,1-2H3/t21-/m0/s1. The van der Waals surface area contributed by atoms with Crippen LogP contribution in [0.2, 0.25) is 0 Å². The van der Waals surface area contributed by atoms with Gasteiger partial charge in [0.25, 0.3) is 11.8 Å². The summed E-state index contributed by atoms with van der Waals surface area (Å²) in [5.74, 6) is -0.704. The van der Waals surface area contributed by atoms with Crippen LogP contribution in [0.5, 0.6) is 0 Å². The fourth-order valence-electron chi connectivity index (χ4n) is 4.26. The number of nitrogens with zero attached hydrogens (tertiary/aromatic N) is 3. The van der Waals surface area contributed by atoms with Crippen molar-refractivity contribution in [1.29, 1.82) is 0 Å². The first-order valence-electron chi connectivity index (χ1n) is 9.52. The Morgan fingerprint density at radius 1 is 1.03 bits per heavy atom. The predicted octanol–water partition coefficient (Wildman–Crippen LogP) is 4.12. The monoisotopic (exact) mass is 403 g/mol. The Kier molecular flexibility index (Phi) is 4.15. The van der Waals surface area contributed by atoms with Crippen molar-refractivity contribution >= 4 is 23.3 Å². The molecule has 0 spiro atoms. The fourth-order valence-corrected chi connectivity index (χ4v) is 4.26. The number of hydrogen-bond donors (Lipinski definition) is 0. The summed E-state index contributed by atoms with van der Waals surface area (Å²) >= 11 is 0. The minimum absolute atomic E-state index is 0.203. The summed E-state index contributed by atoms with van der Waals surface area (Å²) < 4.78 is 18.9. The van der Waals surface area contributed by atoms with Crippen molar-refractivity contribution in [2.75, 3.05) is 12.0 Å². The highest BCUT2D eigenvalue weighted by molar-refractivity contribution is 6.17. The van der Waals surface area contributed by atoms with Crippen LogP contribution < -0.4 is 4.90 Å². The van der Waals surface area contributed by atoms with Gasteiger partial charge in [0.1, 0.15) is 17.8 Å². The minimum Gasteiger partial charge on any atom is -0.380 e. The first kappa shape index (κ1) is 18.4. The topological polar surface area (TPSA) is 62.7 Å². The van der Waals surface area contributed by atoms with Gasteiger partial charge >= 0.3 is 0 Å². The number of carbonyl (C=O) groups excluding carboxylic acids is 2. The number of pyridine rings is 1. The summed E-state index contributed by atoms with van der Waals surface area (Å²) in [6.07, 6.45) is -0.691. The van der Waals surface area contributed by atoms with Gasteiger partial charge in [0.05, 0.1) is 12.2 Å². The second kappa shape index (κ2) is 6.74. The number of ether oxygens (including phenoxy) is 1. The smallest absolute Gasteiger partial charge is 0.266 e. The normalized spacial score (nSPS) is 17.1. The molecule has 0 N–H and O–H groups in total. The van der Waals surface area contributed by atoms with Crippen LogP contribution in [0.4, 0.5) is 15.9 Å². The maximum atomic E-state index is 13.6.